The first-order valence-corrected chi connectivity index (χ1v) is 7.64. The molecule has 4 nitrogen and oxygen atoms in total. The molecule has 1 atom stereocenters. The van der Waals surface area contributed by atoms with Crippen LogP contribution in [0.25, 0.3) is 0 Å². The predicted octanol–water partition coefficient (Wildman–Crippen LogP) is 1.86. The summed E-state index contributed by atoms with van der Waals surface area (Å²) in [5.74, 6) is -2.24. The maximum atomic E-state index is 13.3. The van der Waals surface area contributed by atoms with Gasteiger partial charge < -0.3 is 10.0 Å². The van der Waals surface area contributed by atoms with Crippen molar-refractivity contribution < 1.29 is 23.1 Å². The lowest BCUT2D eigenvalue weighted by Crippen LogP contribution is -2.49. The summed E-state index contributed by atoms with van der Waals surface area (Å²) in [6.07, 6.45) is -5.01. The summed E-state index contributed by atoms with van der Waals surface area (Å²) in [7, 11) is 0. The smallest absolute Gasteiger partial charge is 0.395 e. The topological polar surface area (TPSA) is 43.8 Å². The maximum absolute atomic E-state index is 13.3. The van der Waals surface area contributed by atoms with Crippen LogP contribution < -0.4 is 0 Å². The number of carbonyl (C=O) groups excluding carboxylic acids is 1. The van der Waals surface area contributed by atoms with Crippen molar-refractivity contribution >= 4 is 5.91 Å². The standard InChI is InChI=1S/C16H21F3N2O2/c17-16(18,19)14(13-4-2-1-3-5-13)12-15(23)21-8-6-20(7-9-21)10-11-22/h1-5,14,22H,6-12H2/t14-/m0/s1. The number of halogens is 3. The summed E-state index contributed by atoms with van der Waals surface area (Å²) in [6.45, 7) is 2.52. The second kappa shape index (κ2) is 7.79. The number of piperazine rings is 1. The molecule has 0 radical (unpaired) electrons. The Labute approximate surface area is 133 Å². The fraction of sp³-hybridized carbons (Fsp3) is 0.562. The van der Waals surface area contributed by atoms with Gasteiger partial charge in [0.25, 0.3) is 0 Å². The number of nitrogens with zero attached hydrogens (tertiary/aromatic N) is 2. The van der Waals surface area contributed by atoms with E-state index in [2.05, 4.69) is 0 Å². The van der Waals surface area contributed by atoms with Crippen molar-refractivity contribution in [3.05, 3.63) is 35.9 Å². The zero-order valence-corrected chi connectivity index (χ0v) is 12.8. The number of benzene rings is 1. The van der Waals surface area contributed by atoms with Crippen LogP contribution in [-0.2, 0) is 4.79 Å². The van der Waals surface area contributed by atoms with E-state index in [1.807, 2.05) is 4.90 Å². The lowest BCUT2D eigenvalue weighted by Gasteiger charge is -2.35. The van der Waals surface area contributed by atoms with Crippen LogP contribution in [0.5, 0.6) is 0 Å². The van der Waals surface area contributed by atoms with E-state index in [-0.39, 0.29) is 12.2 Å². The zero-order chi connectivity index (χ0) is 16.9. The molecule has 1 aliphatic heterocycles. The third-order valence-corrected chi connectivity index (χ3v) is 4.12. The molecule has 7 heteroatoms. The van der Waals surface area contributed by atoms with Crippen LogP contribution in [0.2, 0.25) is 0 Å². The van der Waals surface area contributed by atoms with Gasteiger partial charge in [-0.15, -0.1) is 0 Å². The van der Waals surface area contributed by atoms with Gasteiger partial charge in [-0.2, -0.15) is 13.2 Å². The van der Waals surface area contributed by atoms with Gasteiger partial charge in [-0.3, -0.25) is 9.69 Å². The van der Waals surface area contributed by atoms with E-state index in [4.69, 9.17) is 5.11 Å². The molecule has 1 aliphatic rings. The number of amides is 1. The molecule has 1 fully saturated rings. The van der Waals surface area contributed by atoms with Crippen LogP contribution in [0, 0.1) is 0 Å². The molecule has 0 aromatic heterocycles. The Morgan fingerprint density at radius 2 is 1.74 bits per heavy atom. The number of β-amino-alcohol motifs (C(OH)–C–C–N with tert-alkyl or cyclic N) is 1. The van der Waals surface area contributed by atoms with E-state index in [1.165, 1.54) is 17.0 Å². The average molecular weight is 330 g/mol. The zero-order valence-electron chi connectivity index (χ0n) is 12.8. The first kappa shape index (κ1) is 17.7. The Bertz CT molecular complexity index is 500. The van der Waals surface area contributed by atoms with E-state index in [1.54, 1.807) is 18.2 Å². The molecule has 2 rings (SSSR count). The summed E-state index contributed by atoms with van der Waals surface area (Å²) in [5.41, 5.74) is 0.118. The van der Waals surface area contributed by atoms with E-state index in [0.29, 0.717) is 32.7 Å². The quantitative estimate of drug-likeness (QED) is 0.896. The Morgan fingerprint density at radius 3 is 2.26 bits per heavy atom. The first-order chi connectivity index (χ1) is 10.9. The van der Waals surface area contributed by atoms with E-state index in [0.717, 1.165) is 0 Å². The van der Waals surface area contributed by atoms with Crippen LogP contribution in [0.1, 0.15) is 17.9 Å². The maximum Gasteiger partial charge on any atom is 0.396 e. The van der Waals surface area contributed by atoms with Gasteiger partial charge in [0.1, 0.15) is 0 Å². The molecule has 1 N–H and O–H groups in total. The number of alkyl halides is 3. The van der Waals surface area contributed by atoms with Crippen molar-refractivity contribution in [1.82, 2.24) is 9.80 Å². The minimum atomic E-state index is -4.45. The van der Waals surface area contributed by atoms with Crippen molar-refractivity contribution in [3.63, 3.8) is 0 Å². The van der Waals surface area contributed by atoms with Crippen molar-refractivity contribution in [2.24, 2.45) is 0 Å². The van der Waals surface area contributed by atoms with Gasteiger partial charge in [-0.25, -0.2) is 0 Å². The van der Waals surface area contributed by atoms with Gasteiger partial charge in [0.15, 0.2) is 0 Å². The van der Waals surface area contributed by atoms with Crippen LogP contribution >= 0.6 is 0 Å². The summed E-state index contributed by atoms with van der Waals surface area (Å²) in [5, 5.41) is 8.88. The molecule has 1 amide bonds. The van der Waals surface area contributed by atoms with Gasteiger partial charge in [0.2, 0.25) is 5.91 Å². The second-order valence-corrected chi connectivity index (χ2v) is 5.66. The number of carbonyl (C=O) groups is 1. The lowest BCUT2D eigenvalue weighted by molar-refractivity contribution is -0.161. The molecule has 23 heavy (non-hydrogen) atoms. The summed E-state index contributed by atoms with van der Waals surface area (Å²) >= 11 is 0. The van der Waals surface area contributed by atoms with Crippen LogP contribution in [-0.4, -0.2) is 66.3 Å². The van der Waals surface area contributed by atoms with Gasteiger partial charge in [0, 0.05) is 39.1 Å². The molecule has 0 bridgehead atoms. The highest BCUT2D eigenvalue weighted by atomic mass is 19.4. The molecular weight excluding hydrogens is 309 g/mol. The van der Waals surface area contributed by atoms with Gasteiger partial charge in [-0.1, -0.05) is 30.3 Å². The SMILES string of the molecule is O=C(C[C@@H](c1ccccc1)C(F)(F)F)N1CCN(CCO)CC1. The van der Waals surface area contributed by atoms with E-state index in [9.17, 15) is 18.0 Å². The van der Waals surface area contributed by atoms with Gasteiger partial charge >= 0.3 is 6.18 Å². The third kappa shape index (κ3) is 4.94. The first-order valence-electron chi connectivity index (χ1n) is 7.64. The monoisotopic (exact) mass is 330 g/mol. The number of aliphatic hydroxyl groups is 1. The molecule has 0 unspecified atom stereocenters. The summed E-state index contributed by atoms with van der Waals surface area (Å²) < 4.78 is 39.9. The second-order valence-electron chi connectivity index (χ2n) is 5.66. The van der Waals surface area contributed by atoms with Crippen molar-refractivity contribution in [2.45, 2.75) is 18.5 Å². The molecule has 1 aromatic rings. The molecule has 0 aliphatic carbocycles. The van der Waals surface area contributed by atoms with Crippen molar-refractivity contribution in [2.75, 3.05) is 39.3 Å². The lowest BCUT2D eigenvalue weighted by atomic mass is 9.94. The molecular formula is C16H21F3N2O2. The number of rotatable bonds is 5. The fourth-order valence-electron chi connectivity index (χ4n) is 2.77. The summed E-state index contributed by atoms with van der Waals surface area (Å²) in [4.78, 5) is 15.7. The van der Waals surface area contributed by atoms with Gasteiger partial charge in [0.05, 0.1) is 12.5 Å². The highest BCUT2D eigenvalue weighted by molar-refractivity contribution is 5.77. The number of hydrogen-bond donors (Lipinski definition) is 1. The predicted molar refractivity (Wildman–Crippen MR) is 80.0 cm³/mol. The van der Waals surface area contributed by atoms with E-state index < -0.39 is 24.4 Å². The highest BCUT2D eigenvalue weighted by Gasteiger charge is 2.42. The molecule has 1 aromatic carbocycles. The van der Waals surface area contributed by atoms with Crippen molar-refractivity contribution in [1.29, 1.82) is 0 Å². The minimum absolute atomic E-state index is 0.0398. The number of hydrogen-bond acceptors (Lipinski definition) is 3. The highest BCUT2D eigenvalue weighted by Crippen LogP contribution is 2.37. The molecule has 1 heterocycles. The van der Waals surface area contributed by atoms with Crippen LogP contribution in [0.15, 0.2) is 30.3 Å². The molecule has 128 valence electrons. The Balaban J connectivity index is 1.99. The third-order valence-electron chi connectivity index (χ3n) is 4.12. The Kier molecular flexibility index (Phi) is 6.01. The van der Waals surface area contributed by atoms with Gasteiger partial charge in [-0.05, 0) is 5.56 Å². The number of aliphatic hydroxyl groups excluding tert-OH is 1. The fourth-order valence-corrected chi connectivity index (χ4v) is 2.77. The van der Waals surface area contributed by atoms with Crippen LogP contribution in [0.3, 0.4) is 0 Å². The molecule has 1 saturated heterocycles. The van der Waals surface area contributed by atoms with E-state index >= 15 is 0 Å². The Hall–Kier alpha value is -1.60. The summed E-state index contributed by atoms with van der Waals surface area (Å²) in [6, 6.07) is 7.56. The largest absolute Gasteiger partial charge is 0.396 e. The Morgan fingerprint density at radius 1 is 1.13 bits per heavy atom. The normalized spacial score (nSPS) is 18.0. The minimum Gasteiger partial charge on any atom is -0.395 e. The molecule has 0 spiro atoms. The molecule has 0 saturated carbocycles. The van der Waals surface area contributed by atoms with Crippen molar-refractivity contribution in [3.8, 4) is 0 Å². The average Bonchev–Trinajstić information content (AvgIpc) is 2.53. The van der Waals surface area contributed by atoms with Crippen LogP contribution in [0.4, 0.5) is 13.2 Å².